The summed E-state index contributed by atoms with van der Waals surface area (Å²) in [6.45, 7) is 4.64. The van der Waals surface area contributed by atoms with Crippen LogP contribution in [0.1, 0.15) is 23.3 Å². The maximum atomic E-state index is 6.12. The maximum absolute atomic E-state index is 6.12. The van der Waals surface area contributed by atoms with E-state index in [1.54, 1.807) is 7.11 Å². The Kier molecular flexibility index (Phi) is 7.05. The molecule has 0 bridgehead atoms. The van der Waals surface area contributed by atoms with E-state index in [9.17, 15) is 0 Å². The van der Waals surface area contributed by atoms with Crippen molar-refractivity contribution in [3.8, 4) is 0 Å². The molecule has 2 heterocycles. The van der Waals surface area contributed by atoms with Crippen LogP contribution >= 0.6 is 11.3 Å². The molecule has 1 aliphatic heterocycles. The van der Waals surface area contributed by atoms with Crippen molar-refractivity contribution < 1.29 is 4.74 Å². The van der Waals surface area contributed by atoms with Crippen molar-refractivity contribution in [2.75, 3.05) is 32.1 Å². The van der Waals surface area contributed by atoms with E-state index in [-0.39, 0.29) is 0 Å². The lowest BCUT2D eigenvalue weighted by Crippen LogP contribution is -2.36. The van der Waals surface area contributed by atoms with Gasteiger partial charge in [-0.3, -0.25) is 9.89 Å². The van der Waals surface area contributed by atoms with E-state index in [1.165, 1.54) is 24.3 Å². The first-order chi connectivity index (χ1) is 12.7. The van der Waals surface area contributed by atoms with Crippen molar-refractivity contribution in [1.29, 1.82) is 0 Å². The average Bonchev–Trinajstić information content (AvgIpc) is 3.15. The van der Waals surface area contributed by atoms with E-state index in [4.69, 9.17) is 10.5 Å². The van der Waals surface area contributed by atoms with E-state index in [0.717, 1.165) is 30.9 Å². The summed E-state index contributed by atoms with van der Waals surface area (Å²) < 4.78 is 5.23. The molecule has 6 heteroatoms. The van der Waals surface area contributed by atoms with Crippen LogP contribution in [-0.2, 0) is 17.9 Å². The highest BCUT2D eigenvalue weighted by Crippen LogP contribution is 2.21. The Morgan fingerprint density at radius 2 is 2.23 bits per heavy atom. The van der Waals surface area contributed by atoms with Gasteiger partial charge in [-0.25, -0.2) is 0 Å². The standard InChI is InChI=1S/C20H28N4OS/c1-25-15-17-7-2-3-9-19(17)23-20(21)22-12-16-6-4-10-24(13-16)14-18-8-5-11-26-18/h2-3,5,7-9,11,16H,4,6,10,12-15H2,1H3,(H3,21,22,23). The van der Waals surface area contributed by atoms with Gasteiger partial charge in [0.15, 0.2) is 5.96 Å². The van der Waals surface area contributed by atoms with Crippen LogP contribution in [0.5, 0.6) is 0 Å². The van der Waals surface area contributed by atoms with Crippen LogP contribution in [0.2, 0.25) is 0 Å². The van der Waals surface area contributed by atoms with Crippen LogP contribution in [0.15, 0.2) is 46.8 Å². The maximum Gasteiger partial charge on any atom is 0.193 e. The molecule has 1 saturated heterocycles. The number of hydrogen-bond acceptors (Lipinski definition) is 4. The fourth-order valence-corrected chi connectivity index (χ4v) is 4.14. The molecule has 1 atom stereocenters. The molecule has 0 aliphatic carbocycles. The third kappa shape index (κ3) is 5.56. The van der Waals surface area contributed by atoms with Gasteiger partial charge in [-0.1, -0.05) is 24.3 Å². The number of piperidine rings is 1. The number of benzene rings is 1. The molecule has 0 saturated carbocycles. The lowest BCUT2D eigenvalue weighted by Gasteiger charge is -2.31. The third-order valence-electron chi connectivity index (χ3n) is 4.66. The predicted molar refractivity (Wildman–Crippen MR) is 110 cm³/mol. The number of para-hydroxylation sites is 1. The lowest BCUT2D eigenvalue weighted by molar-refractivity contribution is 0.172. The Labute approximate surface area is 159 Å². The number of nitrogens with two attached hydrogens (primary N) is 1. The van der Waals surface area contributed by atoms with E-state index in [0.29, 0.717) is 18.5 Å². The minimum absolute atomic E-state index is 0.476. The predicted octanol–water partition coefficient (Wildman–Crippen LogP) is 3.53. The third-order valence-corrected chi connectivity index (χ3v) is 5.52. The van der Waals surface area contributed by atoms with Crippen LogP contribution < -0.4 is 11.1 Å². The van der Waals surface area contributed by atoms with Crippen molar-refractivity contribution in [1.82, 2.24) is 4.90 Å². The zero-order chi connectivity index (χ0) is 18.2. The Balaban J connectivity index is 1.52. The second kappa shape index (κ2) is 9.71. The Morgan fingerprint density at radius 3 is 3.04 bits per heavy atom. The number of anilines is 1. The molecule has 1 aromatic carbocycles. The highest BCUT2D eigenvalue weighted by Gasteiger charge is 2.20. The molecular weight excluding hydrogens is 344 g/mol. The number of nitrogens with zero attached hydrogens (tertiary/aromatic N) is 2. The van der Waals surface area contributed by atoms with E-state index < -0.39 is 0 Å². The molecule has 3 rings (SSSR count). The zero-order valence-corrected chi connectivity index (χ0v) is 16.2. The Morgan fingerprint density at radius 1 is 1.35 bits per heavy atom. The summed E-state index contributed by atoms with van der Waals surface area (Å²) in [6.07, 6.45) is 2.45. The van der Waals surface area contributed by atoms with Gasteiger partial charge in [-0.05, 0) is 42.8 Å². The summed E-state index contributed by atoms with van der Waals surface area (Å²) in [7, 11) is 1.69. The van der Waals surface area contributed by atoms with E-state index in [2.05, 4.69) is 32.7 Å². The number of aliphatic imine (C=N–C) groups is 1. The molecule has 1 aliphatic rings. The molecule has 0 spiro atoms. The first kappa shape index (κ1) is 18.9. The Bertz CT molecular complexity index is 702. The smallest absolute Gasteiger partial charge is 0.193 e. The minimum atomic E-state index is 0.476. The molecule has 0 amide bonds. The average molecular weight is 373 g/mol. The minimum Gasteiger partial charge on any atom is -0.380 e. The molecule has 5 nitrogen and oxygen atoms in total. The van der Waals surface area contributed by atoms with Gasteiger partial charge in [0, 0.05) is 42.9 Å². The van der Waals surface area contributed by atoms with Gasteiger partial charge in [0.25, 0.3) is 0 Å². The summed E-state index contributed by atoms with van der Waals surface area (Å²) in [5, 5.41) is 5.37. The fourth-order valence-electron chi connectivity index (χ4n) is 3.40. The zero-order valence-electron chi connectivity index (χ0n) is 15.4. The second-order valence-corrected chi connectivity index (χ2v) is 7.80. The monoisotopic (exact) mass is 372 g/mol. The summed E-state index contributed by atoms with van der Waals surface area (Å²) >= 11 is 1.83. The van der Waals surface area contributed by atoms with Crippen molar-refractivity contribution in [2.45, 2.75) is 26.0 Å². The molecular formula is C20H28N4OS. The van der Waals surface area contributed by atoms with Gasteiger partial charge in [0.05, 0.1) is 6.61 Å². The van der Waals surface area contributed by atoms with Crippen molar-refractivity contribution in [3.63, 3.8) is 0 Å². The van der Waals surface area contributed by atoms with Gasteiger partial charge in [-0.2, -0.15) is 0 Å². The normalized spacial score (nSPS) is 18.8. The summed E-state index contributed by atoms with van der Waals surface area (Å²) in [5.74, 6) is 1.04. The first-order valence-corrected chi connectivity index (χ1v) is 10.0. The number of guanidine groups is 1. The number of thiophene rings is 1. The molecule has 140 valence electrons. The number of methoxy groups -OCH3 is 1. The SMILES string of the molecule is COCc1ccccc1NC(N)=NCC1CCCN(Cc2cccs2)C1. The molecule has 1 fully saturated rings. The van der Waals surface area contributed by atoms with Gasteiger partial charge in [0.1, 0.15) is 0 Å². The van der Waals surface area contributed by atoms with Crippen molar-refractivity contribution in [2.24, 2.45) is 16.6 Å². The highest BCUT2D eigenvalue weighted by atomic mass is 32.1. The van der Waals surface area contributed by atoms with E-state index in [1.807, 2.05) is 35.6 Å². The van der Waals surface area contributed by atoms with Gasteiger partial charge >= 0.3 is 0 Å². The molecule has 3 N–H and O–H groups in total. The largest absolute Gasteiger partial charge is 0.380 e. The van der Waals surface area contributed by atoms with Crippen LogP contribution in [0, 0.1) is 5.92 Å². The van der Waals surface area contributed by atoms with Crippen molar-refractivity contribution >= 4 is 23.0 Å². The molecule has 1 aromatic heterocycles. The summed E-state index contributed by atoms with van der Waals surface area (Å²) in [5.41, 5.74) is 8.15. The van der Waals surface area contributed by atoms with Gasteiger partial charge in [0.2, 0.25) is 0 Å². The highest BCUT2D eigenvalue weighted by molar-refractivity contribution is 7.09. The molecule has 26 heavy (non-hydrogen) atoms. The summed E-state index contributed by atoms with van der Waals surface area (Å²) in [4.78, 5) is 8.56. The molecule has 2 aromatic rings. The molecule has 0 radical (unpaired) electrons. The van der Waals surface area contributed by atoms with Gasteiger partial charge in [-0.15, -0.1) is 11.3 Å². The topological polar surface area (TPSA) is 62.9 Å². The first-order valence-electron chi connectivity index (χ1n) is 9.13. The molecule has 1 unspecified atom stereocenters. The fraction of sp³-hybridized carbons (Fsp3) is 0.450. The number of ether oxygens (including phenoxy) is 1. The number of nitrogens with one attached hydrogen (secondary N) is 1. The van der Waals surface area contributed by atoms with Gasteiger partial charge < -0.3 is 15.8 Å². The van der Waals surface area contributed by atoms with Crippen LogP contribution in [0.3, 0.4) is 0 Å². The summed E-state index contributed by atoms with van der Waals surface area (Å²) in [6, 6.07) is 12.4. The van der Waals surface area contributed by atoms with Crippen LogP contribution in [0.25, 0.3) is 0 Å². The Hall–Kier alpha value is -1.89. The number of hydrogen-bond donors (Lipinski definition) is 2. The number of rotatable bonds is 7. The van der Waals surface area contributed by atoms with Crippen LogP contribution in [-0.4, -0.2) is 37.6 Å². The lowest BCUT2D eigenvalue weighted by atomic mass is 9.98. The quantitative estimate of drug-likeness (QED) is 0.576. The van der Waals surface area contributed by atoms with E-state index >= 15 is 0 Å². The van der Waals surface area contributed by atoms with Crippen LogP contribution in [0.4, 0.5) is 5.69 Å². The second-order valence-electron chi connectivity index (χ2n) is 6.76. The van der Waals surface area contributed by atoms with Crippen molar-refractivity contribution in [3.05, 3.63) is 52.2 Å². The number of likely N-dealkylation sites (tertiary alicyclic amines) is 1.